The molecule has 1 aromatic rings. The molecule has 1 fully saturated rings. The van der Waals surface area contributed by atoms with Crippen LogP contribution in [0.15, 0.2) is 12.3 Å². The highest BCUT2D eigenvalue weighted by molar-refractivity contribution is 6.28. The van der Waals surface area contributed by atoms with E-state index in [0.29, 0.717) is 5.82 Å². The van der Waals surface area contributed by atoms with E-state index >= 15 is 0 Å². The molecule has 0 aliphatic heterocycles. The third-order valence-electron chi connectivity index (χ3n) is 3.37. The van der Waals surface area contributed by atoms with E-state index in [-0.39, 0.29) is 23.5 Å². The number of aromatic nitrogens is 2. The molecular weight excluding hydrogens is 304 g/mol. The van der Waals surface area contributed by atoms with Gasteiger partial charge >= 0.3 is 6.09 Å². The number of halogens is 1. The first-order chi connectivity index (χ1) is 10.3. The van der Waals surface area contributed by atoms with Gasteiger partial charge in [0.1, 0.15) is 11.4 Å². The summed E-state index contributed by atoms with van der Waals surface area (Å²) in [5.74, 6) is 0.711. The number of hydrogen-bond acceptors (Lipinski definition) is 5. The van der Waals surface area contributed by atoms with Crippen molar-refractivity contribution in [2.24, 2.45) is 0 Å². The lowest BCUT2D eigenvalue weighted by molar-refractivity contribution is 0.0492. The summed E-state index contributed by atoms with van der Waals surface area (Å²) in [6, 6.07) is 2.15. The molecule has 0 spiro atoms. The van der Waals surface area contributed by atoms with Crippen molar-refractivity contribution < 1.29 is 9.53 Å². The van der Waals surface area contributed by atoms with E-state index in [0.717, 1.165) is 25.7 Å². The summed E-state index contributed by atoms with van der Waals surface area (Å²) in [6.07, 6.45) is 5.13. The molecule has 2 rings (SSSR count). The molecule has 0 aromatic carbocycles. The molecule has 7 heteroatoms. The smallest absolute Gasteiger partial charge is 0.407 e. The quantitative estimate of drug-likeness (QED) is 0.833. The molecule has 22 heavy (non-hydrogen) atoms. The number of hydrogen-bond donors (Lipinski definition) is 2. The van der Waals surface area contributed by atoms with Crippen molar-refractivity contribution >= 4 is 23.5 Å². The van der Waals surface area contributed by atoms with E-state index in [1.54, 1.807) is 12.3 Å². The van der Waals surface area contributed by atoms with Crippen LogP contribution in [-0.4, -0.2) is 33.7 Å². The number of anilines is 1. The fourth-order valence-electron chi connectivity index (χ4n) is 2.55. The summed E-state index contributed by atoms with van der Waals surface area (Å²) in [7, 11) is 0. The molecule has 1 heterocycles. The second-order valence-corrected chi connectivity index (χ2v) is 6.90. The van der Waals surface area contributed by atoms with E-state index in [4.69, 9.17) is 16.3 Å². The minimum absolute atomic E-state index is 0.110. The minimum Gasteiger partial charge on any atom is -0.444 e. The van der Waals surface area contributed by atoms with Crippen molar-refractivity contribution in [2.75, 3.05) is 5.32 Å². The number of alkyl carbamates (subject to hydrolysis) is 1. The first-order valence-electron chi connectivity index (χ1n) is 7.56. The van der Waals surface area contributed by atoms with Crippen molar-refractivity contribution in [3.63, 3.8) is 0 Å². The maximum Gasteiger partial charge on any atom is 0.407 e. The standard InChI is InChI=1S/C15H23ClN4O2/c1-15(2,3)22-14(21)19-11-6-4-5-10(9-11)18-12-7-8-17-13(16)20-12/h7-8,10-11H,4-6,9H2,1-3H3,(H,19,21)(H,17,18,20). The summed E-state index contributed by atoms with van der Waals surface area (Å²) >= 11 is 5.79. The Morgan fingerprint density at radius 3 is 2.77 bits per heavy atom. The summed E-state index contributed by atoms with van der Waals surface area (Å²) in [6.45, 7) is 5.57. The summed E-state index contributed by atoms with van der Waals surface area (Å²) in [5, 5.41) is 6.51. The predicted octanol–water partition coefficient (Wildman–Crippen LogP) is 3.38. The van der Waals surface area contributed by atoms with E-state index in [1.165, 1.54) is 0 Å². The molecule has 1 aromatic heterocycles. The van der Waals surface area contributed by atoms with Crippen molar-refractivity contribution in [3.05, 3.63) is 17.5 Å². The van der Waals surface area contributed by atoms with Gasteiger partial charge in [-0.2, -0.15) is 0 Å². The Bertz CT molecular complexity index is 519. The van der Waals surface area contributed by atoms with Crippen molar-refractivity contribution in [1.29, 1.82) is 0 Å². The minimum atomic E-state index is -0.478. The van der Waals surface area contributed by atoms with Crippen LogP contribution in [0.1, 0.15) is 46.5 Å². The SMILES string of the molecule is CC(C)(C)OC(=O)NC1CCCC(Nc2ccnc(Cl)n2)C1. The van der Waals surface area contributed by atoms with Gasteiger partial charge in [0, 0.05) is 18.3 Å². The molecule has 1 aliphatic carbocycles. The number of carbonyl (C=O) groups is 1. The molecule has 2 N–H and O–H groups in total. The summed E-state index contributed by atoms with van der Waals surface area (Å²) in [4.78, 5) is 19.8. The molecule has 122 valence electrons. The van der Waals surface area contributed by atoms with Gasteiger partial charge in [-0.15, -0.1) is 0 Å². The zero-order valence-corrected chi connectivity index (χ0v) is 14.0. The van der Waals surface area contributed by atoms with E-state index in [1.807, 2.05) is 20.8 Å². The Morgan fingerprint density at radius 2 is 2.09 bits per heavy atom. The fourth-order valence-corrected chi connectivity index (χ4v) is 2.70. The maximum atomic E-state index is 11.8. The van der Waals surface area contributed by atoms with Gasteiger partial charge in [-0.25, -0.2) is 14.8 Å². The van der Waals surface area contributed by atoms with E-state index in [9.17, 15) is 4.79 Å². The molecule has 1 aliphatic rings. The monoisotopic (exact) mass is 326 g/mol. The Morgan fingerprint density at radius 1 is 1.36 bits per heavy atom. The van der Waals surface area contributed by atoms with Gasteiger partial charge < -0.3 is 15.4 Å². The molecule has 2 atom stereocenters. The van der Waals surface area contributed by atoms with Crippen LogP contribution in [0.2, 0.25) is 5.28 Å². The van der Waals surface area contributed by atoms with Crippen LogP contribution in [-0.2, 0) is 4.74 Å². The Kier molecular flexibility index (Phi) is 5.45. The molecule has 0 bridgehead atoms. The van der Waals surface area contributed by atoms with Gasteiger partial charge in [0.2, 0.25) is 5.28 Å². The van der Waals surface area contributed by atoms with Crippen molar-refractivity contribution in [2.45, 2.75) is 64.1 Å². The molecule has 2 unspecified atom stereocenters. The van der Waals surface area contributed by atoms with Crippen molar-refractivity contribution in [1.82, 2.24) is 15.3 Å². The Balaban J connectivity index is 1.85. The lowest BCUT2D eigenvalue weighted by atomic mass is 9.91. The first kappa shape index (κ1) is 16.8. The maximum absolute atomic E-state index is 11.8. The van der Waals surface area contributed by atoms with Crippen LogP contribution in [0.3, 0.4) is 0 Å². The largest absolute Gasteiger partial charge is 0.444 e. The number of nitrogens with zero attached hydrogens (tertiary/aromatic N) is 2. The topological polar surface area (TPSA) is 76.1 Å². The van der Waals surface area contributed by atoms with Crippen LogP contribution in [0.25, 0.3) is 0 Å². The van der Waals surface area contributed by atoms with Gasteiger partial charge in [-0.1, -0.05) is 0 Å². The van der Waals surface area contributed by atoms with Gasteiger partial charge in [0.05, 0.1) is 0 Å². The zero-order valence-electron chi connectivity index (χ0n) is 13.2. The third kappa shape index (κ3) is 5.67. The molecule has 0 saturated heterocycles. The second kappa shape index (κ2) is 7.13. The molecule has 1 amide bonds. The number of ether oxygens (including phenoxy) is 1. The average molecular weight is 327 g/mol. The molecule has 0 radical (unpaired) electrons. The molecule has 6 nitrogen and oxygen atoms in total. The highest BCUT2D eigenvalue weighted by Gasteiger charge is 2.25. The normalized spacial score (nSPS) is 22.0. The van der Waals surface area contributed by atoms with E-state index in [2.05, 4.69) is 20.6 Å². The Labute approximate surface area is 136 Å². The summed E-state index contributed by atoms with van der Waals surface area (Å²) < 4.78 is 5.30. The van der Waals surface area contributed by atoms with Crippen LogP contribution in [0, 0.1) is 0 Å². The van der Waals surface area contributed by atoms with Crippen molar-refractivity contribution in [3.8, 4) is 0 Å². The number of carbonyl (C=O) groups excluding carboxylic acids is 1. The predicted molar refractivity (Wildman–Crippen MR) is 86.1 cm³/mol. The first-order valence-corrected chi connectivity index (χ1v) is 7.94. The number of rotatable bonds is 3. The lowest BCUT2D eigenvalue weighted by Gasteiger charge is -2.31. The third-order valence-corrected chi connectivity index (χ3v) is 3.56. The summed E-state index contributed by atoms with van der Waals surface area (Å²) in [5.41, 5.74) is -0.478. The molecular formula is C15H23ClN4O2. The van der Waals surface area contributed by atoms with Crippen LogP contribution in [0.5, 0.6) is 0 Å². The van der Waals surface area contributed by atoms with Gasteiger partial charge in [-0.05, 0) is 64.1 Å². The second-order valence-electron chi connectivity index (χ2n) is 6.56. The van der Waals surface area contributed by atoms with Gasteiger partial charge in [-0.3, -0.25) is 0 Å². The van der Waals surface area contributed by atoms with Crippen LogP contribution < -0.4 is 10.6 Å². The Hall–Kier alpha value is -1.56. The highest BCUT2D eigenvalue weighted by Crippen LogP contribution is 2.22. The number of nitrogens with one attached hydrogen (secondary N) is 2. The van der Waals surface area contributed by atoms with Gasteiger partial charge in [0.25, 0.3) is 0 Å². The average Bonchev–Trinajstić information content (AvgIpc) is 2.36. The lowest BCUT2D eigenvalue weighted by Crippen LogP contribution is -2.43. The fraction of sp³-hybridized carbons (Fsp3) is 0.667. The van der Waals surface area contributed by atoms with Crippen LogP contribution >= 0.6 is 11.6 Å². The van der Waals surface area contributed by atoms with Crippen LogP contribution in [0.4, 0.5) is 10.6 Å². The zero-order chi connectivity index (χ0) is 16.2. The highest BCUT2D eigenvalue weighted by atomic mass is 35.5. The van der Waals surface area contributed by atoms with E-state index < -0.39 is 5.60 Å². The number of amides is 1. The van der Waals surface area contributed by atoms with Gasteiger partial charge in [0.15, 0.2) is 0 Å². The molecule has 1 saturated carbocycles.